The number of benzene rings is 1. The summed E-state index contributed by atoms with van der Waals surface area (Å²) in [6.07, 6.45) is 1.86. The van der Waals surface area contributed by atoms with Crippen molar-refractivity contribution in [2.75, 3.05) is 5.32 Å². The number of primary amides is 1. The van der Waals surface area contributed by atoms with Crippen molar-refractivity contribution in [1.29, 1.82) is 0 Å². The van der Waals surface area contributed by atoms with Crippen LogP contribution in [0.2, 0.25) is 0 Å². The van der Waals surface area contributed by atoms with Crippen molar-refractivity contribution in [2.45, 2.75) is 19.9 Å². The van der Waals surface area contributed by atoms with Crippen molar-refractivity contribution in [1.82, 2.24) is 4.57 Å². The zero-order chi connectivity index (χ0) is 15.6. The molecule has 1 heterocycles. The first kappa shape index (κ1) is 15.3. The van der Waals surface area contributed by atoms with Crippen molar-refractivity contribution in [2.24, 2.45) is 5.73 Å². The lowest BCUT2D eigenvalue weighted by Crippen LogP contribution is -2.18. The molecule has 5 nitrogen and oxygen atoms in total. The molecule has 110 valence electrons. The molecule has 0 saturated heterocycles. The predicted octanol–water partition coefficient (Wildman–Crippen LogP) is 3.18. The fraction of sp³-hybridized carbons (Fsp3) is 0.200. The molecule has 0 unspecified atom stereocenters. The van der Waals surface area contributed by atoms with E-state index >= 15 is 0 Å². The van der Waals surface area contributed by atoms with E-state index in [1.165, 1.54) is 0 Å². The van der Waals surface area contributed by atoms with Gasteiger partial charge in [-0.3, -0.25) is 9.59 Å². The highest BCUT2D eigenvalue weighted by molar-refractivity contribution is 9.10. The summed E-state index contributed by atoms with van der Waals surface area (Å²) in [5.74, 6) is -0.768. The summed E-state index contributed by atoms with van der Waals surface area (Å²) in [7, 11) is 0. The van der Waals surface area contributed by atoms with Crippen LogP contribution in [0.25, 0.3) is 0 Å². The second-order valence-electron chi connectivity index (χ2n) is 4.94. The van der Waals surface area contributed by atoms with Gasteiger partial charge in [0.25, 0.3) is 5.91 Å². The summed E-state index contributed by atoms with van der Waals surface area (Å²) in [6, 6.07) is 8.46. The number of anilines is 1. The Labute approximate surface area is 131 Å². The van der Waals surface area contributed by atoms with E-state index < -0.39 is 5.91 Å². The van der Waals surface area contributed by atoms with Crippen molar-refractivity contribution >= 4 is 33.4 Å². The molecule has 0 aliphatic rings. The third-order valence-electron chi connectivity index (χ3n) is 3.01. The normalized spacial score (nSPS) is 10.7. The topological polar surface area (TPSA) is 77.1 Å². The van der Waals surface area contributed by atoms with Gasteiger partial charge in [-0.25, -0.2) is 0 Å². The van der Waals surface area contributed by atoms with Crippen molar-refractivity contribution in [3.05, 3.63) is 52.3 Å². The molecule has 0 aliphatic heterocycles. The molecule has 0 spiro atoms. The molecule has 1 aromatic carbocycles. The highest BCUT2D eigenvalue weighted by atomic mass is 79.9. The maximum Gasteiger partial charge on any atom is 0.272 e. The molecule has 3 N–H and O–H groups in total. The van der Waals surface area contributed by atoms with E-state index in [1.54, 1.807) is 30.3 Å². The van der Waals surface area contributed by atoms with Crippen LogP contribution in [-0.4, -0.2) is 16.4 Å². The zero-order valence-electron chi connectivity index (χ0n) is 11.8. The molecule has 0 bridgehead atoms. The smallest absolute Gasteiger partial charge is 0.272 e. The van der Waals surface area contributed by atoms with Crippen LogP contribution in [0.3, 0.4) is 0 Å². The molecule has 0 radical (unpaired) electrons. The Morgan fingerprint density at radius 3 is 2.62 bits per heavy atom. The molecule has 0 atom stereocenters. The molecule has 0 fully saturated rings. The third-order valence-corrected chi connectivity index (χ3v) is 3.44. The van der Waals surface area contributed by atoms with Crippen LogP contribution in [0.1, 0.15) is 40.7 Å². The van der Waals surface area contributed by atoms with Gasteiger partial charge in [-0.1, -0.05) is 6.07 Å². The summed E-state index contributed by atoms with van der Waals surface area (Å²) >= 11 is 3.37. The number of carbonyl (C=O) groups is 2. The fourth-order valence-corrected chi connectivity index (χ4v) is 2.44. The van der Waals surface area contributed by atoms with Gasteiger partial charge in [0, 0.05) is 28.0 Å². The van der Waals surface area contributed by atoms with Crippen LogP contribution in [0.4, 0.5) is 5.69 Å². The van der Waals surface area contributed by atoms with Gasteiger partial charge in [-0.15, -0.1) is 0 Å². The minimum Gasteiger partial charge on any atom is -0.366 e. The summed E-state index contributed by atoms with van der Waals surface area (Å²) in [4.78, 5) is 23.5. The predicted molar refractivity (Wildman–Crippen MR) is 85.4 cm³/mol. The van der Waals surface area contributed by atoms with Crippen LogP contribution in [-0.2, 0) is 0 Å². The van der Waals surface area contributed by atoms with Gasteiger partial charge in [-0.2, -0.15) is 0 Å². The maximum atomic E-state index is 12.4. The average molecular weight is 350 g/mol. The van der Waals surface area contributed by atoms with Crippen LogP contribution in [0, 0.1) is 0 Å². The third kappa shape index (κ3) is 3.52. The van der Waals surface area contributed by atoms with E-state index in [2.05, 4.69) is 21.2 Å². The Morgan fingerprint density at radius 1 is 1.29 bits per heavy atom. The number of nitrogens with zero attached hydrogens (tertiary/aromatic N) is 1. The number of nitrogens with one attached hydrogen (secondary N) is 1. The van der Waals surface area contributed by atoms with Crippen LogP contribution >= 0.6 is 15.9 Å². The second-order valence-corrected chi connectivity index (χ2v) is 5.86. The molecule has 2 amide bonds. The van der Waals surface area contributed by atoms with Gasteiger partial charge >= 0.3 is 0 Å². The van der Waals surface area contributed by atoms with E-state index in [1.807, 2.05) is 24.6 Å². The van der Waals surface area contributed by atoms with Crippen molar-refractivity contribution < 1.29 is 9.59 Å². The molecular formula is C15H16BrN3O2. The molecule has 2 rings (SSSR count). The number of hydrogen-bond donors (Lipinski definition) is 2. The lowest BCUT2D eigenvalue weighted by Gasteiger charge is -2.13. The Kier molecular flexibility index (Phi) is 4.47. The average Bonchev–Trinajstić information content (AvgIpc) is 2.81. The zero-order valence-corrected chi connectivity index (χ0v) is 13.3. The first-order valence-electron chi connectivity index (χ1n) is 6.47. The largest absolute Gasteiger partial charge is 0.366 e. The van der Waals surface area contributed by atoms with Gasteiger partial charge in [0.05, 0.1) is 0 Å². The minimum atomic E-state index is -0.528. The number of rotatable bonds is 4. The molecule has 6 heteroatoms. The Bertz CT molecular complexity index is 692. The lowest BCUT2D eigenvalue weighted by molar-refractivity contribution is 0.0994. The summed E-state index contributed by atoms with van der Waals surface area (Å²) in [5.41, 5.74) is 6.66. The monoisotopic (exact) mass is 349 g/mol. The number of carbonyl (C=O) groups excluding carboxylic acids is 2. The number of halogens is 1. The number of hydrogen-bond acceptors (Lipinski definition) is 2. The highest BCUT2D eigenvalue weighted by Crippen LogP contribution is 2.21. The number of nitrogens with two attached hydrogens (primary N) is 1. The molecule has 0 aliphatic carbocycles. The summed E-state index contributed by atoms with van der Waals surface area (Å²) in [6.45, 7) is 3.99. The Balaban J connectivity index is 2.26. The van der Waals surface area contributed by atoms with E-state index in [0.717, 1.165) is 4.47 Å². The minimum absolute atomic E-state index is 0.161. The maximum absolute atomic E-state index is 12.4. The molecule has 21 heavy (non-hydrogen) atoms. The van der Waals surface area contributed by atoms with E-state index in [0.29, 0.717) is 16.9 Å². The van der Waals surface area contributed by atoms with E-state index in [9.17, 15) is 9.59 Å². The van der Waals surface area contributed by atoms with Gasteiger partial charge in [0.2, 0.25) is 5.91 Å². The number of aromatic nitrogens is 1. The molecular weight excluding hydrogens is 334 g/mol. The highest BCUT2D eigenvalue weighted by Gasteiger charge is 2.15. The van der Waals surface area contributed by atoms with Crippen molar-refractivity contribution in [3.8, 4) is 0 Å². The summed E-state index contributed by atoms with van der Waals surface area (Å²) < 4.78 is 2.71. The van der Waals surface area contributed by atoms with Crippen LogP contribution < -0.4 is 11.1 Å². The van der Waals surface area contributed by atoms with Gasteiger partial charge in [0.15, 0.2) is 0 Å². The lowest BCUT2D eigenvalue weighted by atomic mass is 10.2. The van der Waals surface area contributed by atoms with Crippen molar-refractivity contribution in [3.63, 3.8) is 0 Å². The van der Waals surface area contributed by atoms with E-state index in [4.69, 9.17) is 5.73 Å². The summed E-state index contributed by atoms with van der Waals surface area (Å²) in [5, 5.41) is 2.77. The number of amides is 2. The standard InChI is InChI=1S/C15H16BrN3O2/c1-9(2)19-8-11(16)7-13(19)15(21)18-12-5-3-4-10(6-12)14(17)20/h3-9H,1-2H3,(H2,17,20)(H,18,21). The van der Waals surface area contributed by atoms with E-state index in [-0.39, 0.29) is 11.9 Å². The molecule has 1 aromatic heterocycles. The van der Waals surface area contributed by atoms with Gasteiger partial charge < -0.3 is 15.6 Å². The SMILES string of the molecule is CC(C)n1cc(Br)cc1C(=O)Nc1cccc(C(N)=O)c1. The van der Waals surface area contributed by atoms with Crippen LogP contribution in [0.5, 0.6) is 0 Å². The van der Waals surface area contributed by atoms with Crippen LogP contribution in [0.15, 0.2) is 41.0 Å². The van der Waals surface area contributed by atoms with Gasteiger partial charge in [0.1, 0.15) is 5.69 Å². The first-order chi connectivity index (χ1) is 9.88. The Hall–Kier alpha value is -2.08. The second kappa shape index (κ2) is 6.13. The molecule has 2 aromatic rings. The quantitative estimate of drug-likeness (QED) is 0.888. The Morgan fingerprint density at radius 2 is 2.00 bits per heavy atom. The van der Waals surface area contributed by atoms with Gasteiger partial charge in [-0.05, 0) is 54.0 Å². The fourth-order valence-electron chi connectivity index (χ4n) is 2.00. The molecule has 0 saturated carbocycles. The first-order valence-corrected chi connectivity index (χ1v) is 7.26.